The van der Waals surface area contributed by atoms with Crippen molar-refractivity contribution in [3.8, 4) is 17.2 Å². The molecule has 31 heavy (non-hydrogen) atoms. The van der Waals surface area contributed by atoms with Gasteiger partial charge < -0.3 is 19.1 Å². The Kier molecular flexibility index (Phi) is 6.66. The third kappa shape index (κ3) is 4.64. The standard InChI is InChI=1S/C25H32N2O4/c1-29-22-13-19(14-23(30-2)25(22)31-3)16-27-21-11-12-26(15-18-7-5-4-6-8-18)17-20(21)9-10-24(27)28/h4-8,13-14,20-21H,9-12,15-17H2,1-3H3/t20-,21+/m1/s1. The van der Waals surface area contributed by atoms with Gasteiger partial charge in [0.15, 0.2) is 11.5 Å². The second-order valence-electron chi connectivity index (χ2n) is 8.43. The van der Waals surface area contributed by atoms with Crippen LogP contribution in [0.1, 0.15) is 30.4 Å². The minimum absolute atomic E-state index is 0.242. The molecule has 6 heteroatoms. The van der Waals surface area contributed by atoms with Crippen LogP contribution in [0.4, 0.5) is 0 Å². The van der Waals surface area contributed by atoms with Gasteiger partial charge in [-0.05, 0) is 42.0 Å². The van der Waals surface area contributed by atoms with Gasteiger partial charge in [-0.1, -0.05) is 30.3 Å². The predicted octanol–water partition coefficient (Wildman–Crippen LogP) is 3.73. The van der Waals surface area contributed by atoms with E-state index >= 15 is 0 Å². The van der Waals surface area contributed by atoms with Gasteiger partial charge in [0.2, 0.25) is 11.7 Å². The summed E-state index contributed by atoms with van der Waals surface area (Å²) in [4.78, 5) is 17.5. The zero-order chi connectivity index (χ0) is 21.8. The lowest BCUT2D eigenvalue weighted by molar-refractivity contribution is -0.142. The van der Waals surface area contributed by atoms with Crippen molar-refractivity contribution < 1.29 is 19.0 Å². The smallest absolute Gasteiger partial charge is 0.223 e. The van der Waals surface area contributed by atoms with Crippen LogP contribution in [-0.4, -0.2) is 56.2 Å². The summed E-state index contributed by atoms with van der Waals surface area (Å²) in [7, 11) is 4.83. The van der Waals surface area contributed by atoms with Gasteiger partial charge in [-0.15, -0.1) is 0 Å². The zero-order valence-corrected chi connectivity index (χ0v) is 18.7. The summed E-state index contributed by atoms with van der Waals surface area (Å²) in [5, 5.41) is 0. The van der Waals surface area contributed by atoms with Crippen LogP contribution < -0.4 is 14.2 Å². The number of rotatable bonds is 7. The third-order valence-corrected chi connectivity index (χ3v) is 6.55. The molecule has 2 aromatic rings. The molecule has 2 aliphatic heterocycles. The molecule has 2 heterocycles. The Hall–Kier alpha value is -2.73. The Bertz CT molecular complexity index is 877. The Morgan fingerprint density at radius 2 is 1.61 bits per heavy atom. The van der Waals surface area contributed by atoms with Crippen LogP contribution in [-0.2, 0) is 17.9 Å². The highest BCUT2D eigenvalue weighted by Crippen LogP contribution is 2.39. The summed E-state index contributed by atoms with van der Waals surface area (Å²) in [6.07, 6.45) is 2.60. The number of benzene rings is 2. The molecule has 0 aliphatic carbocycles. The van der Waals surface area contributed by atoms with Crippen molar-refractivity contribution in [2.24, 2.45) is 5.92 Å². The highest BCUT2D eigenvalue weighted by atomic mass is 16.5. The second kappa shape index (κ2) is 9.60. The highest BCUT2D eigenvalue weighted by molar-refractivity contribution is 5.77. The third-order valence-electron chi connectivity index (χ3n) is 6.55. The maximum Gasteiger partial charge on any atom is 0.223 e. The maximum absolute atomic E-state index is 12.9. The van der Waals surface area contributed by atoms with E-state index in [1.165, 1.54) is 5.56 Å². The molecule has 2 aromatic carbocycles. The van der Waals surface area contributed by atoms with Crippen molar-refractivity contribution in [1.29, 1.82) is 0 Å². The Labute approximate surface area is 184 Å². The molecule has 166 valence electrons. The average Bonchev–Trinajstić information content (AvgIpc) is 2.80. The van der Waals surface area contributed by atoms with Gasteiger partial charge in [-0.2, -0.15) is 0 Å². The molecule has 2 atom stereocenters. The molecule has 0 saturated carbocycles. The van der Waals surface area contributed by atoms with Gasteiger partial charge in [-0.25, -0.2) is 0 Å². The van der Waals surface area contributed by atoms with Crippen LogP contribution in [0.5, 0.6) is 17.2 Å². The number of hydrogen-bond acceptors (Lipinski definition) is 5. The van der Waals surface area contributed by atoms with Crippen LogP contribution in [0.3, 0.4) is 0 Å². The van der Waals surface area contributed by atoms with E-state index in [0.717, 1.165) is 38.0 Å². The number of likely N-dealkylation sites (tertiary alicyclic amines) is 2. The Morgan fingerprint density at radius 1 is 0.903 bits per heavy atom. The molecule has 2 fully saturated rings. The van der Waals surface area contributed by atoms with Crippen molar-refractivity contribution in [2.75, 3.05) is 34.4 Å². The van der Waals surface area contributed by atoms with E-state index in [1.807, 2.05) is 12.1 Å². The number of ether oxygens (including phenoxy) is 3. The first-order valence-electron chi connectivity index (χ1n) is 11.0. The molecule has 2 aliphatic rings. The first-order chi connectivity index (χ1) is 15.1. The first-order valence-corrected chi connectivity index (χ1v) is 11.0. The monoisotopic (exact) mass is 424 g/mol. The SMILES string of the molecule is COc1cc(CN2C(=O)CC[C@@H]3CN(Cc4ccccc4)CC[C@@H]32)cc(OC)c1OC. The number of nitrogens with zero attached hydrogens (tertiary/aromatic N) is 2. The van der Waals surface area contributed by atoms with E-state index < -0.39 is 0 Å². The number of carbonyl (C=O) groups excluding carboxylic acids is 1. The van der Waals surface area contributed by atoms with Crippen LogP contribution in [0.2, 0.25) is 0 Å². The topological polar surface area (TPSA) is 51.2 Å². The summed E-state index contributed by atoms with van der Waals surface area (Å²) < 4.78 is 16.4. The highest BCUT2D eigenvalue weighted by Gasteiger charge is 2.39. The summed E-state index contributed by atoms with van der Waals surface area (Å²) in [5.74, 6) is 2.57. The fourth-order valence-corrected chi connectivity index (χ4v) is 5.04. The van der Waals surface area contributed by atoms with Crippen LogP contribution in [0.15, 0.2) is 42.5 Å². The van der Waals surface area contributed by atoms with E-state index in [1.54, 1.807) is 21.3 Å². The molecule has 0 unspecified atom stereocenters. The van der Waals surface area contributed by atoms with E-state index in [0.29, 0.717) is 36.1 Å². The second-order valence-corrected chi connectivity index (χ2v) is 8.43. The number of hydrogen-bond donors (Lipinski definition) is 0. The molecule has 0 bridgehead atoms. The molecular weight excluding hydrogens is 392 g/mol. The van der Waals surface area contributed by atoms with E-state index in [9.17, 15) is 4.79 Å². The minimum Gasteiger partial charge on any atom is -0.493 e. The van der Waals surface area contributed by atoms with Crippen molar-refractivity contribution in [3.63, 3.8) is 0 Å². The summed E-state index contributed by atoms with van der Waals surface area (Å²) in [6.45, 7) is 3.59. The molecule has 4 rings (SSSR count). The van der Waals surface area contributed by atoms with Crippen molar-refractivity contribution in [1.82, 2.24) is 9.80 Å². The number of fused-ring (bicyclic) bond motifs is 1. The fraction of sp³-hybridized carbons (Fsp3) is 0.480. The largest absolute Gasteiger partial charge is 0.493 e. The van der Waals surface area contributed by atoms with Gasteiger partial charge in [0.05, 0.1) is 21.3 Å². The number of piperidine rings is 2. The van der Waals surface area contributed by atoms with E-state index in [2.05, 4.69) is 40.1 Å². The van der Waals surface area contributed by atoms with Gasteiger partial charge in [0, 0.05) is 38.6 Å². The molecule has 6 nitrogen and oxygen atoms in total. The molecule has 0 aromatic heterocycles. The van der Waals surface area contributed by atoms with Crippen molar-refractivity contribution >= 4 is 5.91 Å². The Balaban J connectivity index is 1.49. The van der Waals surface area contributed by atoms with E-state index in [4.69, 9.17) is 14.2 Å². The Morgan fingerprint density at radius 3 is 2.26 bits per heavy atom. The summed E-state index contributed by atoms with van der Waals surface area (Å²) in [6, 6.07) is 14.8. The molecule has 2 saturated heterocycles. The van der Waals surface area contributed by atoms with Gasteiger partial charge in [0.25, 0.3) is 0 Å². The molecule has 0 radical (unpaired) electrons. The lowest BCUT2D eigenvalue weighted by atomic mass is 9.83. The summed E-state index contributed by atoms with van der Waals surface area (Å²) in [5.41, 5.74) is 2.34. The normalized spacial score (nSPS) is 21.5. The number of methoxy groups -OCH3 is 3. The van der Waals surface area contributed by atoms with E-state index in [-0.39, 0.29) is 11.9 Å². The van der Waals surface area contributed by atoms with Crippen LogP contribution >= 0.6 is 0 Å². The van der Waals surface area contributed by atoms with Crippen molar-refractivity contribution in [3.05, 3.63) is 53.6 Å². The molecule has 0 spiro atoms. The first kappa shape index (κ1) is 21.5. The predicted molar refractivity (Wildman–Crippen MR) is 119 cm³/mol. The number of carbonyl (C=O) groups is 1. The molecular formula is C25H32N2O4. The fourth-order valence-electron chi connectivity index (χ4n) is 5.04. The number of amides is 1. The van der Waals surface area contributed by atoms with Crippen LogP contribution in [0, 0.1) is 5.92 Å². The summed E-state index contributed by atoms with van der Waals surface area (Å²) >= 11 is 0. The maximum atomic E-state index is 12.9. The van der Waals surface area contributed by atoms with Gasteiger partial charge in [0.1, 0.15) is 0 Å². The quantitative estimate of drug-likeness (QED) is 0.678. The molecule has 1 amide bonds. The molecule has 0 N–H and O–H groups in total. The average molecular weight is 425 g/mol. The van der Waals surface area contributed by atoms with Gasteiger partial charge >= 0.3 is 0 Å². The van der Waals surface area contributed by atoms with Gasteiger partial charge in [-0.3, -0.25) is 9.69 Å². The van der Waals surface area contributed by atoms with Crippen LogP contribution in [0.25, 0.3) is 0 Å². The zero-order valence-electron chi connectivity index (χ0n) is 18.7. The lowest BCUT2D eigenvalue weighted by Crippen LogP contribution is -2.55. The van der Waals surface area contributed by atoms with Crippen molar-refractivity contribution in [2.45, 2.75) is 38.4 Å². The lowest BCUT2D eigenvalue weighted by Gasteiger charge is -2.47. The minimum atomic E-state index is 0.242.